The molecule has 0 aromatic carbocycles. The van der Waals surface area contributed by atoms with Crippen molar-refractivity contribution < 1.29 is 4.79 Å². The predicted molar refractivity (Wildman–Crippen MR) is 77.4 cm³/mol. The van der Waals surface area contributed by atoms with Crippen LogP contribution >= 0.6 is 0 Å². The molecule has 0 aliphatic heterocycles. The van der Waals surface area contributed by atoms with E-state index in [1.807, 2.05) is 19.9 Å². The number of nitrogens with zero attached hydrogens (tertiary/aromatic N) is 1. The highest BCUT2D eigenvalue weighted by Crippen LogP contribution is 2.24. The highest BCUT2D eigenvalue weighted by atomic mass is 16.1. The largest absolute Gasteiger partial charge is 0.385 e. The first-order chi connectivity index (χ1) is 9.20. The first-order valence-electron chi connectivity index (χ1n) is 7.19. The fourth-order valence-electron chi connectivity index (χ4n) is 2.62. The summed E-state index contributed by atoms with van der Waals surface area (Å²) in [5.41, 5.74) is 2.44. The molecule has 104 valence electrons. The van der Waals surface area contributed by atoms with Gasteiger partial charge in [0, 0.05) is 25.0 Å². The van der Waals surface area contributed by atoms with Gasteiger partial charge in [-0.1, -0.05) is 12.8 Å². The topological polar surface area (TPSA) is 54.0 Å². The number of amides is 1. The summed E-state index contributed by atoms with van der Waals surface area (Å²) >= 11 is 0. The highest BCUT2D eigenvalue weighted by molar-refractivity contribution is 5.99. The Balaban J connectivity index is 2.00. The van der Waals surface area contributed by atoms with Crippen molar-refractivity contribution in [3.63, 3.8) is 0 Å². The lowest BCUT2D eigenvalue weighted by molar-refractivity contribution is 0.0948. The molecule has 4 nitrogen and oxygen atoms in total. The molecule has 0 radical (unpaired) electrons. The number of hydrogen-bond donors (Lipinski definition) is 2. The minimum absolute atomic E-state index is 0.0182. The quantitative estimate of drug-likeness (QED) is 0.857. The Hall–Kier alpha value is -1.58. The third-order valence-corrected chi connectivity index (χ3v) is 3.68. The molecule has 4 heteroatoms. The van der Waals surface area contributed by atoms with E-state index in [0.29, 0.717) is 11.5 Å². The summed E-state index contributed by atoms with van der Waals surface area (Å²) in [6.07, 6.45) is 6.75. The molecular weight excluding hydrogens is 238 g/mol. The van der Waals surface area contributed by atoms with Gasteiger partial charge in [-0.3, -0.25) is 9.78 Å². The van der Waals surface area contributed by atoms with E-state index < -0.39 is 0 Å². The second kappa shape index (κ2) is 6.55. The van der Waals surface area contributed by atoms with E-state index in [4.69, 9.17) is 0 Å². The molecule has 1 saturated carbocycles. The summed E-state index contributed by atoms with van der Waals surface area (Å²) in [6.45, 7) is 5.54. The van der Waals surface area contributed by atoms with Gasteiger partial charge in [0.15, 0.2) is 0 Å². The first kappa shape index (κ1) is 13.8. The van der Waals surface area contributed by atoms with Gasteiger partial charge in [0.1, 0.15) is 0 Å². The smallest absolute Gasteiger partial charge is 0.254 e. The molecule has 0 spiro atoms. The number of aromatic nitrogens is 1. The first-order valence-corrected chi connectivity index (χ1v) is 7.19. The van der Waals surface area contributed by atoms with Crippen molar-refractivity contribution in [3.05, 3.63) is 23.5 Å². The molecule has 2 rings (SSSR count). The number of rotatable bonds is 5. The van der Waals surface area contributed by atoms with Gasteiger partial charge in [0.05, 0.1) is 11.3 Å². The van der Waals surface area contributed by atoms with Crippen molar-refractivity contribution in [1.29, 1.82) is 0 Å². The van der Waals surface area contributed by atoms with Crippen LogP contribution < -0.4 is 10.6 Å². The van der Waals surface area contributed by atoms with Gasteiger partial charge in [0.25, 0.3) is 5.91 Å². The van der Waals surface area contributed by atoms with Crippen LogP contribution in [0, 0.1) is 12.8 Å². The average molecular weight is 261 g/mol. The van der Waals surface area contributed by atoms with Crippen LogP contribution in [0.25, 0.3) is 0 Å². The molecule has 0 bridgehead atoms. The van der Waals surface area contributed by atoms with Crippen molar-refractivity contribution >= 4 is 11.6 Å². The third kappa shape index (κ3) is 3.69. The maximum atomic E-state index is 12.2. The van der Waals surface area contributed by atoms with E-state index in [1.165, 1.54) is 25.7 Å². The van der Waals surface area contributed by atoms with Crippen molar-refractivity contribution in [3.8, 4) is 0 Å². The second-order valence-electron chi connectivity index (χ2n) is 5.26. The van der Waals surface area contributed by atoms with Crippen molar-refractivity contribution in [2.24, 2.45) is 5.92 Å². The molecule has 19 heavy (non-hydrogen) atoms. The Bertz CT molecular complexity index is 439. The number of carbonyl (C=O) groups is 1. The molecule has 0 atom stereocenters. The molecule has 1 amide bonds. The molecular formula is C15H23N3O. The predicted octanol–water partition coefficient (Wildman–Crippen LogP) is 2.74. The van der Waals surface area contributed by atoms with Crippen LogP contribution in [0.15, 0.2) is 12.3 Å². The Morgan fingerprint density at radius 2 is 2.16 bits per heavy atom. The average Bonchev–Trinajstić information content (AvgIpc) is 2.90. The fraction of sp³-hybridized carbons (Fsp3) is 0.600. The molecule has 1 aromatic heterocycles. The van der Waals surface area contributed by atoms with Gasteiger partial charge in [-0.2, -0.15) is 0 Å². The van der Waals surface area contributed by atoms with Gasteiger partial charge in [-0.05, 0) is 38.7 Å². The second-order valence-corrected chi connectivity index (χ2v) is 5.26. The number of nitrogens with one attached hydrogen (secondary N) is 2. The Morgan fingerprint density at radius 1 is 1.42 bits per heavy atom. The van der Waals surface area contributed by atoms with Crippen LogP contribution in [0.3, 0.4) is 0 Å². The van der Waals surface area contributed by atoms with E-state index in [0.717, 1.165) is 24.5 Å². The third-order valence-electron chi connectivity index (χ3n) is 3.68. The summed E-state index contributed by atoms with van der Waals surface area (Å²) in [5.74, 6) is 0.639. The van der Waals surface area contributed by atoms with Crippen LogP contribution in [0.1, 0.15) is 48.7 Å². The summed E-state index contributed by atoms with van der Waals surface area (Å²) in [4.78, 5) is 16.4. The zero-order chi connectivity index (χ0) is 13.7. The van der Waals surface area contributed by atoms with Gasteiger partial charge < -0.3 is 10.6 Å². The highest BCUT2D eigenvalue weighted by Gasteiger charge is 2.17. The Morgan fingerprint density at radius 3 is 2.84 bits per heavy atom. The number of hydrogen-bond acceptors (Lipinski definition) is 3. The van der Waals surface area contributed by atoms with Crippen LogP contribution in [-0.2, 0) is 0 Å². The standard InChI is InChI=1S/C15H23N3O/c1-3-16-14-8-11(2)17-10-13(14)15(19)18-9-12-6-4-5-7-12/h8,10,12H,3-7,9H2,1-2H3,(H,16,17)(H,18,19). The van der Waals surface area contributed by atoms with E-state index in [2.05, 4.69) is 15.6 Å². The van der Waals surface area contributed by atoms with Gasteiger partial charge in [0.2, 0.25) is 0 Å². The molecule has 1 aliphatic carbocycles. The maximum Gasteiger partial charge on any atom is 0.254 e. The van der Waals surface area contributed by atoms with E-state index in [9.17, 15) is 4.79 Å². The lowest BCUT2D eigenvalue weighted by Crippen LogP contribution is -2.29. The van der Waals surface area contributed by atoms with Gasteiger partial charge in [-0.25, -0.2) is 0 Å². The molecule has 1 aromatic rings. The zero-order valence-corrected chi connectivity index (χ0v) is 11.8. The molecule has 0 unspecified atom stereocenters. The lowest BCUT2D eigenvalue weighted by Gasteiger charge is -2.13. The molecule has 0 saturated heterocycles. The van der Waals surface area contributed by atoms with E-state index >= 15 is 0 Å². The van der Waals surface area contributed by atoms with Crippen LogP contribution in [-0.4, -0.2) is 24.0 Å². The van der Waals surface area contributed by atoms with Crippen molar-refractivity contribution in [2.45, 2.75) is 39.5 Å². The molecule has 2 N–H and O–H groups in total. The van der Waals surface area contributed by atoms with Crippen molar-refractivity contribution in [2.75, 3.05) is 18.4 Å². The number of anilines is 1. The number of pyridine rings is 1. The van der Waals surface area contributed by atoms with Crippen LogP contribution in [0.4, 0.5) is 5.69 Å². The normalized spacial score (nSPS) is 15.5. The molecule has 1 fully saturated rings. The summed E-state index contributed by atoms with van der Waals surface area (Å²) in [5, 5.41) is 6.27. The summed E-state index contributed by atoms with van der Waals surface area (Å²) in [6, 6.07) is 1.92. The molecule has 1 heterocycles. The molecule has 1 aliphatic rings. The van der Waals surface area contributed by atoms with E-state index in [-0.39, 0.29) is 5.91 Å². The minimum atomic E-state index is -0.0182. The van der Waals surface area contributed by atoms with Gasteiger partial charge in [-0.15, -0.1) is 0 Å². The number of carbonyl (C=O) groups excluding carboxylic acids is 1. The summed E-state index contributed by atoms with van der Waals surface area (Å²) in [7, 11) is 0. The van der Waals surface area contributed by atoms with Gasteiger partial charge >= 0.3 is 0 Å². The monoisotopic (exact) mass is 261 g/mol. The summed E-state index contributed by atoms with van der Waals surface area (Å²) < 4.78 is 0. The fourth-order valence-corrected chi connectivity index (χ4v) is 2.62. The van der Waals surface area contributed by atoms with Crippen molar-refractivity contribution in [1.82, 2.24) is 10.3 Å². The van der Waals surface area contributed by atoms with Crippen LogP contribution in [0.5, 0.6) is 0 Å². The minimum Gasteiger partial charge on any atom is -0.385 e. The Kier molecular flexibility index (Phi) is 4.77. The van der Waals surface area contributed by atoms with E-state index in [1.54, 1.807) is 6.20 Å². The Labute approximate surface area is 115 Å². The zero-order valence-electron chi connectivity index (χ0n) is 11.8. The maximum absolute atomic E-state index is 12.2. The van der Waals surface area contributed by atoms with Crippen LogP contribution in [0.2, 0.25) is 0 Å². The SMILES string of the molecule is CCNc1cc(C)ncc1C(=O)NCC1CCCC1. The number of aryl methyl sites for hydroxylation is 1. The lowest BCUT2D eigenvalue weighted by atomic mass is 10.1.